The molecule has 0 fully saturated rings. The predicted molar refractivity (Wildman–Crippen MR) is 40.8 cm³/mol. The van der Waals surface area contributed by atoms with Crippen LogP contribution in [0, 0.1) is 24.7 Å². The van der Waals surface area contributed by atoms with Gasteiger partial charge in [0.15, 0.2) is 0 Å². The van der Waals surface area contributed by atoms with Crippen molar-refractivity contribution in [3.05, 3.63) is 0 Å². The van der Waals surface area contributed by atoms with Crippen LogP contribution in [-0.4, -0.2) is 30.4 Å². The van der Waals surface area contributed by atoms with Crippen LogP contribution in [0.4, 0.5) is 0 Å². The highest BCUT2D eigenvalue weighted by Crippen LogP contribution is 1.93. The van der Waals surface area contributed by atoms with Crippen LogP contribution in [0.3, 0.4) is 0 Å². The van der Waals surface area contributed by atoms with E-state index in [1.165, 1.54) is 0 Å². The molecule has 11 heavy (non-hydrogen) atoms. The summed E-state index contributed by atoms with van der Waals surface area (Å²) in [5.74, 6) is 4.10. The van der Waals surface area contributed by atoms with Crippen molar-refractivity contribution in [2.75, 3.05) is 13.1 Å². The van der Waals surface area contributed by atoms with Crippen molar-refractivity contribution >= 4 is 10.3 Å². The number of hydrogen-bond acceptors (Lipinski definition) is 2. The van der Waals surface area contributed by atoms with Gasteiger partial charge in [0.2, 0.25) is 0 Å². The highest BCUT2D eigenvalue weighted by molar-refractivity contribution is 7.83. The Kier molecular flexibility index (Phi) is 3.63. The first kappa shape index (κ1) is 9.99. The fourth-order valence-corrected chi connectivity index (χ4v) is 0.898. The molecule has 1 N–H and O–H groups in total. The van der Waals surface area contributed by atoms with Gasteiger partial charge in [-0.1, -0.05) is 11.8 Å². The van der Waals surface area contributed by atoms with Gasteiger partial charge in [-0.15, -0.1) is 12.8 Å². The quantitative estimate of drug-likeness (QED) is 0.456. The Morgan fingerprint density at radius 3 is 1.82 bits per heavy atom. The molecule has 0 radical (unpaired) electrons. The number of hydrogen-bond donors (Lipinski definition) is 1. The molecule has 60 valence electrons. The van der Waals surface area contributed by atoms with Crippen LogP contribution in [0.15, 0.2) is 0 Å². The van der Waals surface area contributed by atoms with E-state index < -0.39 is 10.3 Å². The molecule has 0 spiro atoms. The van der Waals surface area contributed by atoms with Crippen molar-refractivity contribution < 1.29 is 13.0 Å². The Balaban J connectivity index is 4.41. The Morgan fingerprint density at radius 1 is 1.27 bits per heavy atom. The van der Waals surface area contributed by atoms with Gasteiger partial charge in [-0.05, 0) is 0 Å². The molecule has 0 aliphatic rings. The van der Waals surface area contributed by atoms with Crippen LogP contribution in [0.2, 0.25) is 0 Å². The van der Waals surface area contributed by atoms with Crippen molar-refractivity contribution in [2.45, 2.75) is 0 Å². The molecule has 0 aromatic carbocycles. The van der Waals surface area contributed by atoms with E-state index in [-0.39, 0.29) is 13.1 Å². The molecule has 0 saturated carbocycles. The summed E-state index contributed by atoms with van der Waals surface area (Å²) in [5, 5.41) is 0. The maximum atomic E-state index is 10.4. The molecule has 0 aromatic heterocycles. The first-order chi connectivity index (χ1) is 5.02. The largest absolute Gasteiger partial charge is 0.337 e. The van der Waals surface area contributed by atoms with Crippen LogP contribution < -0.4 is 0 Å². The maximum absolute atomic E-state index is 10.4. The topological polar surface area (TPSA) is 57.6 Å². The lowest BCUT2D eigenvalue weighted by atomic mass is 10.6. The third kappa shape index (κ3) is 3.64. The smallest absolute Gasteiger partial charge is 0.273 e. The average molecular weight is 173 g/mol. The lowest BCUT2D eigenvalue weighted by Crippen LogP contribution is -2.31. The minimum atomic E-state index is -4.24. The average Bonchev–Trinajstić information content (AvgIpc) is 1.85. The third-order valence-corrected chi connectivity index (χ3v) is 1.77. The zero-order valence-corrected chi connectivity index (χ0v) is 6.50. The fourth-order valence-electron chi connectivity index (χ4n) is 0.423. The van der Waals surface area contributed by atoms with Crippen LogP contribution in [0.1, 0.15) is 0 Å². The SMILES string of the molecule is C#CCN(CC#C)S(=O)(=O)O. The highest BCUT2D eigenvalue weighted by Gasteiger charge is 2.15. The second-order valence-corrected chi connectivity index (χ2v) is 3.07. The summed E-state index contributed by atoms with van der Waals surface area (Å²) in [4.78, 5) is 0. The second-order valence-electron chi connectivity index (χ2n) is 1.65. The van der Waals surface area contributed by atoms with Gasteiger partial charge in [0, 0.05) is 0 Å². The lowest BCUT2D eigenvalue weighted by Gasteiger charge is -2.10. The molecule has 0 unspecified atom stereocenters. The molecular formula is C6H7NO3S. The van der Waals surface area contributed by atoms with E-state index in [0.717, 1.165) is 0 Å². The van der Waals surface area contributed by atoms with Gasteiger partial charge < -0.3 is 0 Å². The van der Waals surface area contributed by atoms with Crippen molar-refractivity contribution in [1.82, 2.24) is 4.31 Å². The summed E-state index contributed by atoms with van der Waals surface area (Å²) in [5.41, 5.74) is 0. The molecule has 0 saturated heterocycles. The molecule has 0 atom stereocenters. The Hall–Kier alpha value is -1.01. The van der Waals surface area contributed by atoms with Gasteiger partial charge in [0.25, 0.3) is 0 Å². The zero-order chi connectivity index (χ0) is 8.91. The Bertz CT molecular complexity index is 277. The van der Waals surface area contributed by atoms with E-state index in [0.29, 0.717) is 4.31 Å². The minimum Gasteiger partial charge on any atom is -0.273 e. The van der Waals surface area contributed by atoms with E-state index in [1.54, 1.807) is 0 Å². The molecule has 5 heteroatoms. The second kappa shape index (κ2) is 3.99. The summed E-state index contributed by atoms with van der Waals surface area (Å²) in [6.07, 6.45) is 9.64. The van der Waals surface area contributed by atoms with Crippen LogP contribution in [0.5, 0.6) is 0 Å². The van der Waals surface area contributed by atoms with Gasteiger partial charge in [-0.2, -0.15) is 12.7 Å². The molecule has 0 amide bonds. The molecule has 0 aliphatic heterocycles. The summed E-state index contributed by atoms with van der Waals surface area (Å²) in [6.45, 7) is -0.438. The van der Waals surface area contributed by atoms with Crippen LogP contribution in [0.25, 0.3) is 0 Å². The molecular weight excluding hydrogens is 166 g/mol. The molecule has 0 bridgehead atoms. The molecule has 0 aliphatic carbocycles. The molecule has 0 heterocycles. The number of rotatable bonds is 3. The standard InChI is InChI=1S/C6H7NO3S/c1-3-5-7(6-4-2)11(8,9)10/h1-2H,5-6H2,(H,8,9,10). The maximum Gasteiger partial charge on any atom is 0.337 e. The monoisotopic (exact) mass is 173 g/mol. The predicted octanol–water partition coefficient (Wildman–Crippen LogP) is -0.642. The van der Waals surface area contributed by atoms with E-state index in [9.17, 15) is 8.42 Å². The first-order valence-electron chi connectivity index (χ1n) is 2.62. The van der Waals surface area contributed by atoms with Crippen LogP contribution in [-0.2, 0) is 10.3 Å². The highest BCUT2D eigenvalue weighted by atomic mass is 32.2. The van der Waals surface area contributed by atoms with E-state index in [4.69, 9.17) is 17.4 Å². The lowest BCUT2D eigenvalue weighted by molar-refractivity contribution is 0.393. The van der Waals surface area contributed by atoms with Gasteiger partial charge >= 0.3 is 10.3 Å². The first-order valence-corrected chi connectivity index (χ1v) is 4.01. The van der Waals surface area contributed by atoms with Crippen molar-refractivity contribution in [1.29, 1.82) is 0 Å². The van der Waals surface area contributed by atoms with Gasteiger partial charge in [-0.25, -0.2) is 0 Å². The summed E-state index contributed by atoms with van der Waals surface area (Å²) < 4.78 is 29.9. The summed E-state index contributed by atoms with van der Waals surface area (Å²) in [6, 6.07) is 0. The van der Waals surface area contributed by atoms with Gasteiger partial charge in [-0.3, -0.25) is 4.55 Å². The number of terminal acetylenes is 2. The molecule has 4 nitrogen and oxygen atoms in total. The minimum absolute atomic E-state index is 0.219. The summed E-state index contributed by atoms with van der Waals surface area (Å²) >= 11 is 0. The van der Waals surface area contributed by atoms with Gasteiger partial charge in [0.1, 0.15) is 0 Å². The zero-order valence-electron chi connectivity index (χ0n) is 5.69. The molecule has 0 rings (SSSR count). The fraction of sp³-hybridized carbons (Fsp3) is 0.333. The van der Waals surface area contributed by atoms with E-state index in [1.807, 2.05) is 0 Å². The van der Waals surface area contributed by atoms with Crippen molar-refractivity contribution in [3.8, 4) is 24.7 Å². The van der Waals surface area contributed by atoms with Crippen LogP contribution >= 0.6 is 0 Å². The Morgan fingerprint density at radius 2 is 1.64 bits per heavy atom. The van der Waals surface area contributed by atoms with E-state index in [2.05, 4.69) is 11.8 Å². The normalized spacial score (nSPS) is 10.5. The Labute approximate surface area is 66.1 Å². The summed E-state index contributed by atoms with van der Waals surface area (Å²) in [7, 11) is -4.24. The molecule has 0 aromatic rings. The third-order valence-electron chi connectivity index (χ3n) is 0.862. The van der Waals surface area contributed by atoms with Gasteiger partial charge in [0.05, 0.1) is 13.1 Å². The number of nitrogens with zero attached hydrogens (tertiary/aromatic N) is 1. The van der Waals surface area contributed by atoms with Crippen molar-refractivity contribution in [3.63, 3.8) is 0 Å². The van der Waals surface area contributed by atoms with E-state index >= 15 is 0 Å². The van der Waals surface area contributed by atoms with Crippen molar-refractivity contribution in [2.24, 2.45) is 0 Å².